The maximum absolute atomic E-state index is 12.3. The van der Waals surface area contributed by atoms with E-state index in [1.807, 2.05) is 36.5 Å². The topological polar surface area (TPSA) is 68.1 Å². The first kappa shape index (κ1) is 16.2. The number of nitrogens with zero attached hydrogens (tertiary/aromatic N) is 4. The number of carbonyl (C=O) groups excluding carboxylic acids is 2. The lowest BCUT2D eigenvalue weighted by molar-refractivity contribution is 0.0651. The predicted molar refractivity (Wildman–Crippen MR) is 96.5 cm³/mol. The monoisotopic (exact) mass is 346 g/mol. The number of imide groups is 1. The second-order valence-electron chi connectivity index (χ2n) is 6.25. The van der Waals surface area contributed by atoms with Crippen molar-refractivity contribution in [3.8, 4) is 11.3 Å². The van der Waals surface area contributed by atoms with Crippen LogP contribution in [-0.2, 0) is 6.54 Å². The fourth-order valence-electron chi connectivity index (χ4n) is 3.13. The largest absolute Gasteiger partial charge is 0.274 e. The Morgan fingerprint density at radius 2 is 1.38 bits per heavy atom. The van der Waals surface area contributed by atoms with Crippen LogP contribution in [0.25, 0.3) is 11.3 Å². The van der Waals surface area contributed by atoms with Crippen LogP contribution in [0.2, 0.25) is 0 Å². The fraction of sp³-hybridized carbons (Fsp3) is 0.200. The standard InChI is InChI=1S/C20H18N4O2/c25-19-16-10-4-5-11-17(16)20(26)24(19)13-7-6-12-23-14-18(21-22-23)15-8-2-1-3-9-15/h1-5,8-11,14H,6-7,12-13H2. The van der Waals surface area contributed by atoms with Crippen LogP contribution in [0.1, 0.15) is 33.6 Å². The van der Waals surface area contributed by atoms with Crippen LogP contribution in [0.15, 0.2) is 60.8 Å². The van der Waals surface area contributed by atoms with Crippen molar-refractivity contribution in [2.45, 2.75) is 19.4 Å². The zero-order chi connectivity index (χ0) is 17.9. The van der Waals surface area contributed by atoms with Gasteiger partial charge < -0.3 is 0 Å². The Kier molecular flexibility index (Phi) is 4.31. The molecule has 2 aromatic carbocycles. The average molecular weight is 346 g/mol. The predicted octanol–water partition coefficient (Wildman–Crippen LogP) is 3.02. The molecule has 4 rings (SSSR count). The molecule has 0 radical (unpaired) electrons. The maximum Gasteiger partial charge on any atom is 0.261 e. The smallest absolute Gasteiger partial charge is 0.261 e. The highest BCUT2D eigenvalue weighted by atomic mass is 16.2. The summed E-state index contributed by atoms with van der Waals surface area (Å²) in [4.78, 5) is 26.0. The Balaban J connectivity index is 1.31. The van der Waals surface area contributed by atoms with Gasteiger partial charge in [0.1, 0.15) is 5.69 Å². The number of hydrogen-bond acceptors (Lipinski definition) is 4. The summed E-state index contributed by atoms with van der Waals surface area (Å²) in [7, 11) is 0. The molecule has 0 fully saturated rings. The lowest BCUT2D eigenvalue weighted by Gasteiger charge is -2.13. The quantitative estimate of drug-likeness (QED) is 0.508. The van der Waals surface area contributed by atoms with Gasteiger partial charge in [-0.05, 0) is 25.0 Å². The van der Waals surface area contributed by atoms with Crippen molar-refractivity contribution in [3.63, 3.8) is 0 Å². The summed E-state index contributed by atoms with van der Waals surface area (Å²) in [5, 5.41) is 8.33. The molecule has 2 amide bonds. The van der Waals surface area contributed by atoms with Crippen molar-refractivity contribution in [3.05, 3.63) is 71.9 Å². The van der Waals surface area contributed by atoms with E-state index in [1.54, 1.807) is 28.9 Å². The summed E-state index contributed by atoms with van der Waals surface area (Å²) in [5.74, 6) is -0.393. The Hall–Kier alpha value is -3.28. The van der Waals surface area contributed by atoms with Crippen molar-refractivity contribution >= 4 is 11.8 Å². The van der Waals surface area contributed by atoms with E-state index in [4.69, 9.17) is 0 Å². The van der Waals surface area contributed by atoms with Crippen molar-refractivity contribution in [2.24, 2.45) is 0 Å². The minimum Gasteiger partial charge on any atom is -0.274 e. The zero-order valence-electron chi connectivity index (χ0n) is 14.2. The molecule has 0 saturated heterocycles. The average Bonchev–Trinajstić information content (AvgIpc) is 3.25. The van der Waals surface area contributed by atoms with Crippen molar-refractivity contribution in [2.75, 3.05) is 6.54 Å². The highest BCUT2D eigenvalue weighted by molar-refractivity contribution is 6.21. The molecule has 0 bridgehead atoms. The lowest BCUT2D eigenvalue weighted by atomic mass is 10.1. The van der Waals surface area contributed by atoms with Gasteiger partial charge in [0.05, 0.1) is 17.3 Å². The number of carbonyl (C=O) groups is 2. The summed E-state index contributed by atoms with van der Waals surface area (Å²) >= 11 is 0. The van der Waals surface area contributed by atoms with Gasteiger partial charge in [0.15, 0.2) is 0 Å². The molecular weight excluding hydrogens is 328 g/mol. The summed E-state index contributed by atoms with van der Waals surface area (Å²) in [6, 6.07) is 16.9. The first-order chi connectivity index (χ1) is 12.7. The minimum atomic E-state index is -0.197. The van der Waals surface area contributed by atoms with E-state index in [2.05, 4.69) is 10.3 Å². The highest BCUT2D eigenvalue weighted by Crippen LogP contribution is 2.22. The van der Waals surface area contributed by atoms with E-state index in [9.17, 15) is 9.59 Å². The molecule has 26 heavy (non-hydrogen) atoms. The first-order valence-corrected chi connectivity index (χ1v) is 8.65. The molecule has 6 nitrogen and oxygen atoms in total. The van der Waals surface area contributed by atoms with Crippen LogP contribution in [0, 0.1) is 0 Å². The van der Waals surface area contributed by atoms with Crippen LogP contribution >= 0.6 is 0 Å². The Bertz CT molecular complexity index is 914. The molecule has 3 aromatic rings. The number of amides is 2. The van der Waals surface area contributed by atoms with Gasteiger partial charge in [-0.3, -0.25) is 19.2 Å². The second kappa shape index (κ2) is 6.92. The molecule has 0 N–H and O–H groups in total. The van der Waals surface area contributed by atoms with Crippen LogP contribution in [-0.4, -0.2) is 38.3 Å². The molecule has 0 unspecified atom stereocenters. The third kappa shape index (κ3) is 3.01. The van der Waals surface area contributed by atoms with Gasteiger partial charge in [-0.25, -0.2) is 0 Å². The van der Waals surface area contributed by atoms with Gasteiger partial charge in [-0.2, -0.15) is 0 Å². The third-order valence-electron chi connectivity index (χ3n) is 4.51. The van der Waals surface area contributed by atoms with E-state index >= 15 is 0 Å². The SMILES string of the molecule is O=C1c2ccccc2C(=O)N1CCCCn1cc(-c2ccccc2)nn1. The van der Waals surface area contributed by atoms with Crippen molar-refractivity contribution in [1.82, 2.24) is 19.9 Å². The van der Waals surface area contributed by atoms with E-state index < -0.39 is 0 Å². The van der Waals surface area contributed by atoms with Gasteiger partial charge in [0.25, 0.3) is 11.8 Å². The van der Waals surface area contributed by atoms with E-state index in [0.29, 0.717) is 24.2 Å². The van der Waals surface area contributed by atoms with Gasteiger partial charge in [0, 0.05) is 18.7 Å². The molecule has 1 aliphatic rings. The fourth-order valence-corrected chi connectivity index (χ4v) is 3.13. The van der Waals surface area contributed by atoms with Gasteiger partial charge in [0.2, 0.25) is 0 Å². The van der Waals surface area contributed by atoms with Gasteiger partial charge >= 0.3 is 0 Å². The summed E-state index contributed by atoms with van der Waals surface area (Å²) in [6.07, 6.45) is 3.45. The number of unbranched alkanes of at least 4 members (excludes halogenated alkanes) is 1. The lowest BCUT2D eigenvalue weighted by Crippen LogP contribution is -2.30. The van der Waals surface area contributed by atoms with E-state index in [0.717, 1.165) is 24.1 Å². The molecule has 130 valence electrons. The molecule has 2 heterocycles. The number of rotatable bonds is 6. The molecule has 1 aromatic heterocycles. The summed E-state index contributed by atoms with van der Waals surface area (Å²) in [5.41, 5.74) is 2.87. The molecular formula is C20H18N4O2. The van der Waals surface area contributed by atoms with Gasteiger partial charge in [-0.15, -0.1) is 5.10 Å². The maximum atomic E-state index is 12.3. The van der Waals surface area contributed by atoms with E-state index in [1.165, 1.54) is 4.90 Å². The van der Waals surface area contributed by atoms with Crippen molar-refractivity contribution < 1.29 is 9.59 Å². The Morgan fingerprint density at radius 3 is 2.08 bits per heavy atom. The number of aromatic nitrogens is 3. The molecule has 0 aliphatic carbocycles. The zero-order valence-corrected chi connectivity index (χ0v) is 14.2. The number of fused-ring (bicyclic) bond motifs is 1. The van der Waals surface area contributed by atoms with Crippen LogP contribution in [0.3, 0.4) is 0 Å². The van der Waals surface area contributed by atoms with Crippen LogP contribution < -0.4 is 0 Å². The number of benzene rings is 2. The second-order valence-corrected chi connectivity index (χ2v) is 6.25. The van der Waals surface area contributed by atoms with Crippen LogP contribution in [0.4, 0.5) is 0 Å². The summed E-state index contributed by atoms with van der Waals surface area (Å²) < 4.78 is 1.80. The Labute approximate surface area is 151 Å². The molecule has 0 saturated carbocycles. The third-order valence-corrected chi connectivity index (χ3v) is 4.51. The van der Waals surface area contributed by atoms with E-state index in [-0.39, 0.29) is 11.8 Å². The highest BCUT2D eigenvalue weighted by Gasteiger charge is 2.34. The molecule has 6 heteroatoms. The van der Waals surface area contributed by atoms with Gasteiger partial charge in [-0.1, -0.05) is 47.7 Å². The van der Waals surface area contributed by atoms with Crippen molar-refractivity contribution in [1.29, 1.82) is 0 Å². The Morgan fingerprint density at radius 1 is 0.769 bits per heavy atom. The number of aryl methyl sites for hydroxylation is 1. The normalized spacial score (nSPS) is 13.3. The molecule has 0 spiro atoms. The first-order valence-electron chi connectivity index (χ1n) is 8.65. The van der Waals surface area contributed by atoms with Crippen LogP contribution in [0.5, 0.6) is 0 Å². The molecule has 0 atom stereocenters. The molecule has 1 aliphatic heterocycles. The number of hydrogen-bond donors (Lipinski definition) is 0. The minimum absolute atomic E-state index is 0.197. The summed E-state index contributed by atoms with van der Waals surface area (Å²) in [6.45, 7) is 1.12.